The Hall–Kier alpha value is -3.15. The van der Waals surface area contributed by atoms with Crippen molar-refractivity contribution >= 4 is 29.8 Å². The van der Waals surface area contributed by atoms with Gasteiger partial charge in [0.15, 0.2) is 0 Å². The molecule has 0 saturated heterocycles. The van der Waals surface area contributed by atoms with Gasteiger partial charge in [0.1, 0.15) is 23.2 Å². The van der Waals surface area contributed by atoms with Crippen LogP contribution in [0.4, 0.5) is 4.79 Å². The van der Waals surface area contributed by atoms with Crippen molar-refractivity contribution in [3.05, 3.63) is 12.8 Å². The van der Waals surface area contributed by atoms with E-state index >= 15 is 0 Å². The number of hydrogen-bond acceptors (Lipinski definition) is 9. The molecule has 2 aliphatic rings. The van der Waals surface area contributed by atoms with E-state index in [1.807, 2.05) is 0 Å². The van der Waals surface area contributed by atoms with Crippen molar-refractivity contribution in [3.8, 4) is 0 Å². The molecule has 2 aliphatic carbocycles. The lowest BCUT2D eigenvalue weighted by Gasteiger charge is -2.32. The van der Waals surface area contributed by atoms with Gasteiger partial charge in [-0.1, -0.05) is 6.58 Å². The van der Waals surface area contributed by atoms with Crippen molar-refractivity contribution in [2.45, 2.75) is 77.3 Å². The first-order chi connectivity index (χ1) is 16.2. The summed E-state index contributed by atoms with van der Waals surface area (Å²) in [6.07, 6.45) is -1.04. The summed E-state index contributed by atoms with van der Waals surface area (Å²) in [5, 5.41) is 17.9. The van der Waals surface area contributed by atoms with Gasteiger partial charge in [0.2, 0.25) is 11.8 Å². The molecule has 0 aromatic heterocycles. The highest BCUT2D eigenvalue weighted by molar-refractivity contribution is 5.95. The van der Waals surface area contributed by atoms with Crippen LogP contribution >= 0.6 is 0 Å². The fourth-order valence-corrected chi connectivity index (χ4v) is 4.46. The lowest BCUT2D eigenvalue weighted by Crippen LogP contribution is -2.61. The summed E-state index contributed by atoms with van der Waals surface area (Å²) in [6, 6.07) is -2.14. The summed E-state index contributed by atoms with van der Waals surface area (Å²) >= 11 is 0. The summed E-state index contributed by atoms with van der Waals surface area (Å²) in [5.74, 6) is -4.98. The molecule has 0 unspecified atom stereocenters. The molecule has 12 nitrogen and oxygen atoms in total. The zero-order valence-electron chi connectivity index (χ0n) is 20.9. The van der Waals surface area contributed by atoms with E-state index in [1.54, 1.807) is 27.7 Å². The van der Waals surface area contributed by atoms with Crippen LogP contribution in [0.5, 0.6) is 0 Å². The van der Waals surface area contributed by atoms with Crippen molar-refractivity contribution in [1.82, 2.24) is 16.0 Å². The standard InChI is InChI=1S/C23H35N3O9/c1-8-33-19(30)15-14-13(27)10-23(16(14)15,20(31)34-9-2)26-18(29)12(4)24-17(28)11(3)25-21(32)35-22(5,6)7/h8,11-16,27H,1,9-10H2,2-7H3,(H,24,28)(H,25,32)(H,26,29)/t11-,12-,13-,14-,15-,16-,23-/m0/s1. The van der Waals surface area contributed by atoms with Gasteiger partial charge in [-0.25, -0.2) is 9.59 Å². The van der Waals surface area contributed by atoms with Crippen LogP contribution in [-0.4, -0.2) is 70.9 Å². The quantitative estimate of drug-likeness (QED) is 0.196. The van der Waals surface area contributed by atoms with Crippen molar-refractivity contribution in [1.29, 1.82) is 0 Å². The number of aliphatic hydroxyl groups is 1. The van der Waals surface area contributed by atoms with Crippen LogP contribution in [-0.2, 0) is 33.4 Å². The number of nitrogens with one attached hydrogen (secondary N) is 3. The molecule has 12 heteroatoms. The molecule has 2 saturated carbocycles. The minimum atomic E-state index is -1.67. The molecule has 0 heterocycles. The predicted molar refractivity (Wildman–Crippen MR) is 121 cm³/mol. The fraction of sp³-hybridized carbons (Fsp3) is 0.696. The van der Waals surface area contributed by atoms with E-state index in [-0.39, 0.29) is 13.0 Å². The molecule has 0 bridgehead atoms. The summed E-state index contributed by atoms with van der Waals surface area (Å²) in [5.41, 5.74) is -2.42. The number of rotatable bonds is 9. The average Bonchev–Trinajstić information content (AvgIpc) is 3.41. The van der Waals surface area contributed by atoms with E-state index in [9.17, 15) is 29.1 Å². The fourth-order valence-electron chi connectivity index (χ4n) is 4.46. The number of amides is 3. The Morgan fingerprint density at radius 2 is 1.71 bits per heavy atom. The number of ether oxygens (including phenoxy) is 3. The van der Waals surface area contributed by atoms with Gasteiger partial charge < -0.3 is 35.3 Å². The second-order valence-electron chi connectivity index (χ2n) is 9.78. The highest BCUT2D eigenvalue weighted by atomic mass is 16.6. The SMILES string of the molecule is C=COC(=O)[C@H]1[C@H]2[C@@H]1[C@](NC(=O)[C@H](C)NC(=O)[C@H](C)NC(=O)OC(C)(C)C)(C(=O)OCC)C[C@@H]2O. The third kappa shape index (κ3) is 6.30. The minimum Gasteiger partial charge on any atom is -0.464 e. The maximum absolute atomic E-state index is 13.0. The molecule has 0 aromatic carbocycles. The van der Waals surface area contributed by atoms with Gasteiger partial charge in [-0.3, -0.25) is 14.4 Å². The summed E-state index contributed by atoms with van der Waals surface area (Å²) in [4.78, 5) is 62.6. The molecule has 196 valence electrons. The van der Waals surface area contributed by atoms with Crippen LogP contribution in [0.15, 0.2) is 12.8 Å². The summed E-state index contributed by atoms with van der Waals surface area (Å²) in [6.45, 7) is 12.8. The van der Waals surface area contributed by atoms with Gasteiger partial charge in [-0.2, -0.15) is 0 Å². The zero-order valence-corrected chi connectivity index (χ0v) is 20.9. The van der Waals surface area contributed by atoms with E-state index in [1.165, 1.54) is 13.8 Å². The molecule has 0 radical (unpaired) electrons. The molecule has 2 rings (SSSR count). The highest BCUT2D eigenvalue weighted by Gasteiger charge is 2.76. The smallest absolute Gasteiger partial charge is 0.408 e. The van der Waals surface area contributed by atoms with Crippen LogP contribution < -0.4 is 16.0 Å². The van der Waals surface area contributed by atoms with Gasteiger partial charge >= 0.3 is 18.0 Å². The van der Waals surface area contributed by atoms with Crippen LogP contribution in [0, 0.1) is 17.8 Å². The summed E-state index contributed by atoms with van der Waals surface area (Å²) in [7, 11) is 0. The monoisotopic (exact) mass is 497 g/mol. The molecule has 7 atom stereocenters. The van der Waals surface area contributed by atoms with Gasteiger partial charge in [0, 0.05) is 18.3 Å². The molecule has 2 fully saturated rings. The van der Waals surface area contributed by atoms with Gasteiger partial charge in [-0.05, 0) is 41.5 Å². The van der Waals surface area contributed by atoms with Gasteiger partial charge in [0.25, 0.3) is 0 Å². The first kappa shape index (κ1) is 28.1. The van der Waals surface area contributed by atoms with Crippen molar-refractivity contribution < 1.29 is 43.3 Å². The molecule has 0 spiro atoms. The van der Waals surface area contributed by atoms with Crippen molar-refractivity contribution in [2.75, 3.05) is 6.61 Å². The lowest BCUT2D eigenvalue weighted by molar-refractivity contribution is -0.156. The van der Waals surface area contributed by atoms with Crippen LogP contribution in [0.2, 0.25) is 0 Å². The number of alkyl carbamates (subject to hydrolysis) is 1. The third-order valence-corrected chi connectivity index (χ3v) is 5.96. The van der Waals surface area contributed by atoms with E-state index in [4.69, 9.17) is 14.2 Å². The lowest BCUT2D eigenvalue weighted by atomic mass is 9.89. The first-order valence-electron chi connectivity index (χ1n) is 11.5. The van der Waals surface area contributed by atoms with Crippen molar-refractivity contribution in [2.24, 2.45) is 17.8 Å². The number of carbonyl (C=O) groups is 5. The molecular formula is C23H35N3O9. The van der Waals surface area contributed by atoms with E-state index in [0.29, 0.717) is 0 Å². The van der Waals surface area contributed by atoms with E-state index in [0.717, 1.165) is 6.26 Å². The number of hydrogen-bond donors (Lipinski definition) is 4. The molecule has 35 heavy (non-hydrogen) atoms. The maximum Gasteiger partial charge on any atom is 0.408 e. The Bertz CT molecular complexity index is 884. The van der Waals surface area contributed by atoms with Gasteiger partial charge in [0.05, 0.1) is 24.9 Å². The Labute approximate surface area is 204 Å². The second-order valence-corrected chi connectivity index (χ2v) is 9.78. The Balaban J connectivity index is 2.10. The predicted octanol–water partition coefficient (Wildman–Crippen LogP) is 0.136. The Morgan fingerprint density at radius 3 is 2.26 bits per heavy atom. The Kier molecular flexibility index (Phi) is 8.53. The number of aliphatic hydroxyl groups excluding tert-OH is 1. The molecular weight excluding hydrogens is 462 g/mol. The topological polar surface area (TPSA) is 169 Å². The Morgan fingerprint density at radius 1 is 1.11 bits per heavy atom. The average molecular weight is 498 g/mol. The van der Waals surface area contributed by atoms with Crippen LogP contribution in [0.3, 0.4) is 0 Å². The minimum absolute atomic E-state index is 0.0197. The molecule has 4 N–H and O–H groups in total. The van der Waals surface area contributed by atoms with Crippen LogP contribution in [0.1, 0.15) is 48.0 Å². The maximum atomic E-state index is 13.0. The largest absolute Gasteiger partial charge is 0.464 e. The second kappa shape index (κ2) is 10.6. The number of fused-ring (bicyclic) bond motifs is 1. The normalized spacial score (nSPS) is 28.4. The molecule has 0 aliphatic heterocycles. The van der Waals surface area contributed by atoms with E-state index < -0.39 is 76.9 Å². The summed E-state index contributed by atoms with van der Waals surface area (Å²) < 4.78 is 15.1. The molecule has 3 amide bonds. The molecule has 0 aromatic rings. The number of carbonyl (C=O) groups excluding carboxylic acids is 5. The van der Waals surface area contributed by atoms with Crippen LogP contribution in [0.25, 0.3) is 0 Å². The van der Waals surface area contributed by atoms with Gasteiger partial charge in [-0.15, -0.1) is 0 Å². The first-order valence-corrected chi connectivity index (χ1v) is 11.5. The number of esters is 2. The highest BCUT2D eigenvalue weighted by Crippen LogP contribution is 2.63. The third-order valence-electron chi connectivity index (χ3n) is 5.96. The van der Waals surface area contributed by atoms with Crippen molar-refractivity contribution in [3.63, 3.8) is 0 Å². The zero-order chi connectivity index (χ0) is 26.7. The van der Waals surface area contributed by atoms with E-state index in [2.05, 4.69) is 22.5 Å².